The molecule has 0 amide bonds. The van der Waals surface area contributed by atoms with Gasteiger partial charge in [0, 0.05) is 54.5 Å². The van der Waals surface area contributed by atoms with Crippen molar-refractivity contribution in [3.8, 4) is 28.3 Å². The highest BCUT2D eigenvalue weighted by atomic mass is 16.3. The average molecular weight is 701 g/mol. The fraction of sp³-hybridized carbons (Fsp3) is 0. The van der Waals surface area contributed by atoms with E-state index in [-0.39, 0.29) is 0 Å². The number of furan rings is 1. The molecule has 13 aromatic rings. The maximum Gasteiger partial charge on any atom is 0.180 e. The van der Waals surface area contributed by atoms with E-state index >= 15 is 0 Å². The summed E-state index contributed by atoms with van der Waals surface area (Å²) in [7, 11) is 0. The molecule has 0 saturated carbocycles. The highest BCUT2D eigenvalue weighted by molar-refractivity contribution is 6.35. The summed E-state index contributed by atoms with van der Waals surface area (Å²) in [6, 6.07) is 60.6. The summed E-state index contributed by atoms with van der Waals surface area (Å²) >= 11 is 0. The number of para-hydroxylation sites is 3. The molecular formula is C50H28N4O. The number of aromatic nitrogens is 4. The largest absolute Gasteiger partial charge is 0.452 e. The van der Waals surface area contributed by atoms with Crippen LogP contribution in [0.3, 0.4) is 0 Å². The highest BCUT2D eigenvalue weighted by Crippen LogP contribution is 2.47. The molecule has 0 bridgehead atoms. The lowest BCUT2D eigenvalue weighted by Crippen LogP contribution is -1.96. The second-order valence-electron chi connectivity index (χ2n) is 14.6. The van der Waals surface area contributed by atoms with Crippen LogP contribution >= 0.6 is 0 Å². The van der Waals surface area contributed by atoms with Crippen molar-refractivity contribution >= 4 is 92.7 Å². The molecule has 0 aliphatic rings. The highest BCUT2D eigenvalue weighted by Gasteiger charge is 2.25. The van der Waals surface area contributed by atoms with Crippen LogP contribution in [-0.4, -0.2) is 18.9 Å². The van der Waals surface area contributed by atoms with Gasteiger partial charge in [-0.2, -0.15) is 0 Å². The second-order valence-corrected chi connectivity index (χ2v) is 14.6. The molecule has 13 rings (SSSR count). The summed E-state index contributed by atoms with van der Waals surface area (Å²) in [5.74, 6) is 0.664. The third-order valence-electron chi connectivity index (χ3n) is 11.6. The van der Waals surface area contributed by atoms with E-state index in [1.165, 1.54) is 70.7 Å². The van der Waals surface area contributed by atoms with Crippen LogP contribution in [0.15, 0.2) is 174 Å². The first-order valence-corrected chi connectivity index (χ1v) is 18.7. The van der Waals surface area contributed by atoms with Crippen molar-refractivity contribution in [3.05, 3.63) is 170 Å². The van der Waals surface area contributed by atoms with Crippen molar-refractivity contribution in [2.24, 2.45) is 0 Å². The van der Waals surface area contributed by atoms with Crippen LogP contribution in [0, 0.1) is 0 Å². The van der Waals surface area contributed by atoms with Gasteiger partial charge in [-0.25, -0.2) is 9.97 Å². The molecule has 5 heteroatoms. The van der Waals surface area contributed by atoms with Gasteiger partial charge in [0.2, 0.25) is 0 Å². The fourth-order valence-corrected chi connectivity index (χ4v) is 9.23. The molecule has 0 unspecified atom stereocenters. The molecule has 5 aromatic heterocycles. The molecule has 254 valence electrons. The van der Waals surface area contributed by atoms with Crippen LogP contribution in [0.25, 0.3) is 121 Å². The third kappa shape index (κ3) is 3.86. The van der Waals surface area contributed by atoms with Crippen molar-refractivity contribution in [1.29, 1.82) is 0 Å². The quantitative estimate of drug-likeness (QED) is 0.184. The van der Waals surface area contributed by atoms with Crippen LogP contribution in [0.5, 0.6) is 0 Å². The Balaban J connectivity index is 1.10. The van der Waals surface area contributed by atoms with Crippen molar-refractivity contribution in [1.82, 2.24) is 18.9 Å². The summed E-state index contributed by atoms with van der Waals surface area (Å²) in [6.45, 7) is 0. The van der Waals surface area contributed by atoms with Crippen molar-refractivity contribution in [2.45, 2.75) is 0 Å². The number of hydrogen-bond acceptors (Lipinski definition) is 3. The zero-order valence-electron chi connectivity index (χ0n) is 29.4. The lowest BCUT2D eigenvalue weighted by Gasteiger charge is -2.11. The molecule has 0 fully saturated rings. The van der Waals surface area contributed by atoms with Crippen LogP contribution in [0.2, 0.25) is 0 Å². The molecule has 5 heterocycles. The standard InChI is InChI=1S/C50H28N4O/c1-2-12-29(13-3-1)45-49-46(36-18-8-11-21-43(36)55-49)52-50(51-45)30-22-24-33(25-23-30)53-40-19-9-6-16-34(40)37-28-38-35-17-7-10-20-41(35)54-42-27-32-15-5-4-14-31(32)26-39(42)44(47(37)53)48(38)54/h1-28H. The number of benzene rings is 8. The zero-order chi connectivity index (χ0) is 35.8. The Morgan fingerprint density at radius 2 is 1.09 bits per heavy atom. The zero-order valence-corrected chi connectivity index (χ0v) is 29.4. The Morgan fingerprint density at radius 1 is 0.436 bits per heavy atom. The second kappa shape index (κ2) is 10.6. The van der Waals surface area contributed by atoms with Gasteiger partial charge in [-0.05, 0) is 77.5 Å². The normalized spacial score (nSPS) is 12.4. The third-order valence-corrected chi connectivity index (χ3v) is 11.6. The molecule has 0 atom stereocenters. The van der Waals surface area contributed by atoms with Crippen LogP contribution in [0.1, 0.15) is 0 Å². The van der Waals surface area contributed by atoms with Gasteiger partial charge < -0.3 is 13.4 Å². The van der Waals surface area contributed by atoms with Gasteiger partial charge in [0.25, 0.3) is 0 Å². The number of hydrogen-bond donors (Lipinski definition) is 0. The Bertz CT molecular complexity index is 3700. The number of rotatable bonds is 3. The molecule has 0 radical (unpaired) electrons. The lowest BCUT2D eigenvalue weighted by molar-refractivity contribution is 0.667. The summed E-state index contributed by atoms with van der Waals surface area (Å²) in [5.41, 5.74) is 12.3. The Kier molecular flexibility index (Phi) is 5.57. The maximum atomic E-state index is 6.37. The van der Waals surface area contributed by atoms with Crippen molar-refractivity contribution in [2.75, 3.05) is 0 Å². The van der Waals surface area contributed by atoms with E-state index in [1.54, 1.807) is 0 Å². The van der Waals surface area contributed by atoms with Gasteiger partial charge in [0.15, 0.2) is 11.4 Å². The topological polar surface area (TPSA) is 48.3 Å². The van der Waals surface area contributed by atoms with E-state index in [2.05, 4.69) is 142 Å². The fourth-order valence-electron chi connectivity index (χ4n) is 9.23. The Hall–Kier alpha value is -7.50. The summed E-state index contributed by atoms with van der Waals surface area (Å²) in [6.07, 6.45) is 0. The summed E-state index contributed by atoms with van der Waals surface area (Å²) < 4.78 is 11.3. The molecule has 0 spiro atoms. The number of fused-ring (bicyclic) bond motifs is 14. The Morgan fingerprint density at radius 3 is 1.91 bits per heavy atom. The molecule has 0 N–H and O–H groups in total. The van der Waals surface area contributed by atoms with Gasteiger partial charge in [0.05, 0.1) is 27.6 Å². The lowest BCUT2D eigenvalue weighted by atomic mass is 10.0. The Labute approximate surface area is 313 Å². The minimum absolute atomic E-state index is 0.664. The summed E-state index contributed by atoms with van der Waals surface area (Å²) in [5, 5.41) is 11.0. The molecule has 5 nitrogen and oxygen atoms in total. The van der Waals surface area contributed by atoms with E-state index in [9.17, 15) is 0 Å². The maximum absolute atomic E-state index is 6.37. The minimum Gasteiger partial charge on any atom is -0.452 e. The average Bonchev–Trinajstić information content (AvgIpc) is 3.98. The van der Waals surface area contributed by atoms with Gasteiger partial charge in [-0.1, -0.05) is 103 Å². The predicted octanol–water partition coefficient (Wildman–Crippen LogP) is 13.1. The predicted molar refractivity (Wildman–Crippen MR) is 227 cm³/mol. The van der Waals surface area contributed by atoms with E-state index in [4.69, 9.17) is 14.4 Å². The van der Waals surface area contributed by atoms with E-state index in [0.29, 0.717) is 11.4 Å². The van der Waals surface area contributed by atoms with Gasteiger partial charge >= 0.3 is 0 Å². The van der Waals surface area contributed by atoms with Crippen molar-refractivity contribution < 1.29 is 4.42 Å². The van der Waals surface area contributed by atoms with E-state index < -0.39 is 0 Å². The van der Waals surface area contributed by atoms with E-state index in [0.717, 1.165) is 39.0 Å². The molecule has 55 heavy (non-hydrogen) atoms. The number of nitrogens with zero attached hydrogens (tertiary/aromatic N) is 4. The molecule has 0 aliphatic carbocycles. The first-order chi connectivity index (χ1) is 27.3. The van der Waals surface area contributed by atoms with Gasteiger partial charge in [0.1, 0.15) is 16.8 Å². The molecular weight excluding hydrogens is 673 g/mol. The molecule has 8 aromatic carbocycles. The SMILES string of the molecule is c1ccc(-c2nc(-c3ccc(-n4c5ccccc5c5cc6c7ccccc7n7c8cc9ccccc9cc8c(c54)c67)cc3)nc3c2oc2ccccc23)cc1. The first-order valence-electron chi connectivity index (χ1n) is 18.7. The van der Waals surface area contributed by atoms with Crippen molar-refractivity contribution in [3.63, 3.8) is 0 Å². The first kappa shape index (κ1) is 29.0. The smallest absolute Gasteiger partial charge is 0.180 e. The van der Waals surface area contributed by atoms with Crippen LogP contribution in [-0.2, 0) is 0 Å². The van der Waals surface area contributed by atoms with Crippen LogP contribution < -0.4 is 0 Å². The van der Waals surface area contributed by atoms with Gasteiger partial charge in [-0.15, -0.1) is 0 Å². The molecule has 0 aliphatic heterocycles. The van der Waals surface area contributed by atoms with Crippen LogP contribution in [0.4, 0.5) is 0 Å². The van der Waals surface area contributed by atoms with E-state index in [1.807, 2.05) is 36.4 Å². The summed E-state index contributed by atoms with van der Waals surface area (Å²) in [4.78, 5) is 10.3. The molecule has 0 saturated heterocycles. The van der Waals surface area contributed by atoms with Gasteiger partial charge in [-0.3, -0.25) is 0 Å². The monoisotopic (exact) mass is 700 g/mol. The minimum atomic E-state index is 0.664.